The Morgan fingerprint density at radius 1 is 1.29 bits per heavy atom. The maximum atomic E-state index is 12.4. The van der Waals surface area contributed by atoms with Crippen molar-refractivity contribution < 1.29 is 4.79 Å². The van der Waals surface area contributed by atoms with Gasteiger partial charge in [0.05, 0.1) is 4.88 Å². The van der Waals surface area contributed by atoms with Crippen LogP contribution in [0.4, 0.5) is 5.13 Å². The largest absolute Gasteiger partial charge is 0.343 e. The Balaban J connectivity index is 1.61. The highest BCUT2D eigenvalue weighted by atomic mass is 32.1. The molecule has 0 aliphatic carbocycles. The van der Waals surface area contributed by atoms with E-state index in [0.717, 1.165) is 48.4 Å². The van der Waals surface area contributed by atoms with Gasteiger partial charge < -0.3 is 9.80 Å². The molecule has 0 bridgehead atoms. The monoisotopic (exact) mass is 322 g/mol. The predicted octanol–water partition coefficient (Wildman–Crippen LogP) is 2.43. The van der Waals surface area contributed by atoms with Crippen LogP contribution in [-0.4, -0.2) is 46.3 Å². The van der Waals surface area contributed by atoms with Gasteiger partial charge in [-0.25, -0.2) is 4.98 Å². The lowest BCUT2D eigenvalue weighted by Crippen LogP contribution is -2.48. The first-order valence-corrected chi connectivity index (χ1v) is 8.69. The fourth-order valence-corrected chi connectivity index (χ4v) is 3.96. The van der Waals surface area contributed by atoms with Crippen molar-refractivity contribution in [2.45, 2.75) is 20.3 Å². The van der Waals surface area contributed by atoms with Gasteiger partial charge in [0.1, 0.15) is 5.82 Å². The molecule has 112 valence electrons. The van der Waals surface area contributed by atoms with Crippen molar-refractivity contribution in [2.24, 2.45) is 0 Å². The van der Waals surface area contributed by atoms with E-state index in [9.17, 15) is 4.79 Å². The minimum absolute atomic E-state index is 0.152. The van der Waals surface area contributed by atoms with Crippen LogP contribution >= 0.6 is 22.9 Å². The molecule has 0 N–H and O–H groups in total. The lowest BCUT2D eigenvalue weighted by molar-refractivity contribution is 0.0751. The van der Waals surface area contributed by atoms with E-state index in [1.807, 2.05) is 24.0 Å². The van der Waals surface area contributed by atoms with E-state index in [2.05, 4.69) is 21.2 Å². The van der Waals surface area contributed by atoms with Gasteiger partial charge in [-0.05, 0) is 19.1 Å². The van der Waals surface area contributed by atoms with Gasteiger partial charge in [0.15, 0.2) is 0 Å². The summed E-state index contributed by atoms with van der Waals surface area (Å²) in [6, 6.07) is 3.93. The number of amides is 1. The first-order chi connectivity index (χ1) is 10.2. The van der Waals surface area contributed by atoms with Gasteiger partial charge in [0.2, 0.25) is 5.13 Å². The molecule has 2 aromatic heterocycles. The van der Waals surface area contributed by atoms with Crippen molar-refractivity contribution >= 4 is 33.9 Å². The number of carbonyl (C=O) groups is 1. The Hall–Kier alpha value is -1.47. The molecule has 1 saturated heterocycles. The summed E-state index contributed by atoms with van der Waals surface area (Å²) in [7, 11) is 0. The zero-order chi connectivity index (χ0) is 14.8. The molecule has 1 aliphatic rings. The van der Waals surface area contributed by atoms with Crippen LogP contribution in [0.25, 0.3) is 0 Å². The molecule has 0 radical (unpaired) electrons. The summed E-state index contributed by atoms with van der Waals surface area (Å²) in [5.41, 5.74) is 0. The third kappa shape index (κ3) is 3.08. The van der Waals surface area contributed by atoms with Gasteiger partial charge in [0.25, 0.3) is 5.91 Å². The SMILES string of the molecule is CCc1nsc(N2CCN(C(=O)c3ccc(C)s3)CC2)n1. The van der Waals surface area contributed by atoms with E-state index in [0.29, 0.717) is 0 Å². The zero-order valence-electron chi connectivity index (χ0n) is 12.2. The fourth-order valence-electron chi connectivity index (χ4n) is 2.32. The molecule has 0 spiro atoms. The fraction of sp³-hybridized carbons (Fsp3) is 0.500. The number of nitrogens with zero attached hydrogens (tertiary/aromatic N) is 4. The van der Waals surface area contributed by atoms with Crippen LogP contribution in [0.15, 0.2) is 12.1 Å². The van der Waals surface area contributed by atoms with E-state index >= 15 is 0 Å². The lowest BCUT2D eigenvalue weighted by Gasteiger charge is -2.34. The molecule has 1 aliphatic heterocycles. The molecule has 0 atom stereocenters. The van der Waals surface area contributed by atoms with Crippen LogP contribution in [0.3, 0.4) is 0 Å². The summed E-state index contributed by atoms with van der Waals surface area (Å²) in [6.07, 6.45) is 0.868. The molecular formula is C14H18N4OS2. The van der Waals surface area contributed by atoms with Crippen LogP contribution in [-0.2, 0) is 6.42 Å². The van der Waals surface area contributed by atoms with E-state index < -0.39 is 0 Å². The Bertz CT molecular complexity index is 628. The Labute approximate surface area is 132 Å². The summed E-state index contributed by atoms with van der Waals surface area (Å²) < 4.78 is 4.32. The maximum absolute atomic E-state index is 12.4. The maximum Gasteiger partial charge on any atom is 0.264 e. The second-order valence-electron chi connectivity index (χ2n) is 5.04. The molecule has 0 unspecified atom stereocenters. The molecule has 0 aromatic carbocycles. The smallest absolute Gasteiger partial charge is 0.264 e. The van der Waals surface area contributed by atoms with Gasteiger partial charge >= 0.3 is 0 Å². The van der Waals surface area contributed by atoms with Gasteiger partial charge in [-0.1, -0.05) is 6.92 Å². The summed E-state index contributed by atoms with van der Waals surface area (Å²) in [4.78, 5) is 23.1. The highest BCUT2D eigenvalue weighted by Gasteiger charge is 2.24. The first kappa shape index (κ1) is 14.5. The van der Waals surface area contributed by atoms with Crippen LogP contribution in [0.5, 0.6) is 0 Å². The summed E-state index contributed by atoms with van der Waals surface area (Å²) in [6.45, 7) is 7.24. The molecule has 3 rings (SSSR count). The van der Waals surface area contributed by atoms with E-state index in [4.69, 9.17) is 0 Å². The van der Waals surface area contributed by atoms with Crippen LogP contribution < -0.4 is 4.90 Å². The normalized spacial score (nSPS) is 15.5. The number of aromatic nitrogens is 2. The average Bonchev–Trinajstić information content (AvgIpc) is 3.15. The second-order valence-corrected chi connectivity index (χ2v) is 7.05. The van der Waals surface area contributed by atoms with Gasteiger partial charge in [-0.3, -0.25) is 4.79 Å². The molecule has 1 fully saturated rings. The summed E-state index contributed by atoms with van der Waals surface area (Å²) in [5.74, 6) is 1.06. The molecule has 0 saturated carbocycles. The van der Waals surface area contributed by atoms with Crippen molar-refractivity contribution in [3.05, 3.63) is 27.7 Å². The highest BCUT2D eigenvalue weighted by molar-refractivity contribution is 7.13. The summed E-state index contributed by atoms with van der Waals surface area (Å²) in [5, 5.41) is 0.978. The molecule has 1 amide bonds. The quantitative estimate of drug-likeness (QED) is 0.871. The van der Waals surface area contributed by atoms with Crippen molar-refractivity contribution in [3.63, 3.8) is 0 Å². The Morgan fingerprint density at radius 2 is 2.05 bits per heavy atom. The molecule has 21 heavy (non-hydrogen) atoms. The van der Waals surface area contributed by atoms with Crippen LogP contribution in [0, 0.1) is 6.92 Å². The third-order valence-electron chi connectivity index (χ3n) is 3.56. The number of hydrogen-bond acceptors (Lipinski definition) is 6. The zero-order valence-corrected chi connectivity index (χ0v) is 13.8. The first-order valence-electron chi connectivity index (χ1n) is 7.10. The topological polar surface area (TPSA) is 49.3 Å². The number of hydrogen-bond donors (Lipinski definition) is 0. The Kier molecular flexibility index (Phi) is 4.21. The standard InChI is InChI=1S/C14H18N4OS2/c1-3-12-15-14(21-16-12)18-8-6-17(7-9-18)13(19)11-5-4-10(2)20-11/h4-5H,3,6-9H2,1-2H3. The van der Waals surface area contributed by atoms with Crippen molar-refractivity contribution in [2.75, 3.05) is 31.1 Å². The van der Waals surface area contributed by atoms with Crippen molar-refractivity contribution in [1.29, 1.82) is 0 Å². The summed E-state index contributed by atoms with van der Waals surface area (Å²) >= 11 is 3.02. The molecule has 2 aromatic rings. The van der Waals surface area contributed by atoms with Crippen molar-refractivity contribution in [3.8, 4) is 0 Å². The number of thiophene rings is 1. The number of aryl methyl sites for hydroxylation is 2. The van der Waals surface area contributed by atoms with Gasteiger partial charge in [-0.2, -0.15) is 4.37 Å². The molecular weight excluding hydrogens is 304 g/mol. The van der Waals surface area contributed by atoms with Crippen LogP contribution in [0.1, 0.15) is 27.3 Å². The second kappa shape index (κ2) is 6.11. The molecule has 3 heterocycles. The average molecular weight is 322 g/mol. The van der Waals surface area contributed by atoms with E-state index in [1.54, 1.807) is 11.3 Å². The minimum atomic E-state index is 0.152. The van der Waals surface area contributed by atoms with Crippen LogP contribution in [0.2, 0.25) is 0 Å². The number of piperazine rings is 1. The van der Waals surface area contributed by atoms with Gasteiger partial charge in [0, 0.05) is 49.0 Å². The number of carbonyl (C=O) groups excluding carboxylic acids is 1. The van der Waals surface area contributed by atoms with E-state index in [-0.39, 0.29) is 5.91 Å². The third-order valence-corrected chi connectivity index (χ3v) is 5.37. The Morgan fingerprint density at radius 3 is 2.62 bits per heavy atom. The number of rotatable bonds is 3. The number of anilines is 1. The predicted molar refractivity (Wildman–Crippen MR) is 86.5 cm³/mol. The van der Waals surface area contributed by atoms with Crippen molar-refractivity contribution in [1.82, 2.24) is 14.3 Å². The molecule has 5 nitrogen and oxygen atoms in total. The minimum Gasteiger partial charge on any atom is -0.343 e. The van der Waals surface area contributed by atoms with E-state index in [1.165, 1.54) is 16.4 Å². The highest BCUT2D eigenvalue weighted by Crippen LogP contribution is 2.21. The molecule has 7 heteroatoms. The van der Waals surface area contributed by atoms with Gasteiger partial charge in [-0.15, -0.1) is 11.3 Å². The lowest BCUT2D eigenvalue weighted by atomic mass is 10.3.